The lowest BCUT2D eigenvalue weighted by Gasteiger charge is -2.42. The van der Waals surface area contributed by atoms with Crippen LogP contribution in [0.15, 0.2) is 24.3 Å². The van der Waals surface area contributed by atoms with Crippen molar-refractivity contribution >= 4 is 0 Å². The quantitative estimate of drug-likeness (QED) is 0.865. The first-order valence-electron chi connectivity index (χ1n) is 7.32. The molecule has 1 aromatic carbocycles. The van der Waals surface area contributed by atoms with E-state index in [0.29, 0.717) is 18.7 Å². The van der Waals surface area contributed by atoms with Gasteiger partial charge in [-0.25, -0.2) is 0 Å². The third-order valence-corrected chi connectivity index (χ3v) is 4.67. The summed E-state index contributed by atoms with van der Waals surface area (Å²) < 4.78 is 0. The number of likely N-dealkylation sites (tertiary alicyclic amines) is 1. The van der Waals surface area contributed by atoms with Gasteiger partial charge in [-0.05, 0) is 49.8 Å². The van der Waals surface area contributed by atoms with Crippen molar-refractivity contribution in [2.24, 2.45) is 0 Å². The van der Waals surface area contributed by atoms with Gasteiger partial charge in [-0.2, -0.15) is 0 Å². The maximum absolute atomic E-state index is 9.55. The van der Waals surface area contributed by atoms with Gasteiger partial charge < -0.3 is 5.11 Å². The lowest BCUT2D eigenvalue weighted by molar-refractivity contribution is 0.0475. The van der Waals surface area contributed by atoms with E-state index in [2.05, 4.69) is 29.2 Å². The fraction of sp³-hybridized carbons (Fsp3) is 0.625. The smallest absolute Gasteiger partial charge is 0.0586 e. The van der Waals surface area contributed by atoms with Crippen LogP contribution in [0.3, 0.4) is 0 Å². The van der Waals surface area contributed by atoms with Gasteiger partial charge in [-0.15, -0.1) is 0 Å². The highest BCUT2D eigenvalue weighted by Gasteiger charge is 2.30. The molecule has 18 heavy (non-hydrogen) atoms. The Morgan fingerprint density at radius 1 is 1.11 bits per heavy atom. The minimum atomic E-state index is 0.331. The fourth-order valence-corrected chi connectivity index (χ4v) is 3.66. The van der Waals surface area contributed by atoms with Gasteiger partial charge in [0.15, 0.2) is 0 Å². The number of nitrogens with zero attached hydrogens (tertiary/aromatic N) is 1. The molecule has 2 atom stereocenters. The summed E-state index contributed by atoms with van der Waals surface area (Å²) in [6, 6.07) is 9.91. The lowest BCUT2D eigenvalue weighted by atomic mass is 9.85. The topological polar surface area (TPSA) is 23.5 Å². The van der Waals surface area contributed by atoms with Crippen molar-refractivity contribution in [1.29, 1.82) is 0 Å². The van der Waals surface area contributed by atoms with Crippen molar-refractivity contribution in [3.8, 4) is 0 Å². The number of rotatable bonds is 2. The SMILES string of the molecule is OC[C@H]1CCCCN1[C@H]1CCc2ccccc2C1. The molecule has 1 saturated heterocycles. The van der Waals surface area contributed by atoms with E-state index in [1.54, 1.807) is 0 Å². The van der Waals surface area contributed by atoms with Crippen LogP contribution in [-0.4, -0.2) is 35.2 Å². The predicted molar refractivity (Wildman–Crippen MR) is 73.7 cm³/mol. The van der Waals surface area contributed by atoms with E-state index in [9.17, 15) is 5.11 Å². The largest absolute Gasteiger partial charge is 0.395 e. The first-order valence-corrected chi connectivity index (χ1v) is 7.32. The number of aliphatic hydroxyl groups excluding tert-OH is 1. The molecule has 0 unspecified atom stereocenters. The Morgan fingerprint density at radius 3 is 2.78 bits per heavy atom. The first-order chi connectivity index (χ1) is 8.88. The summed E-state index contributed by atoms with van der Waals surface area (Å²) in [6.07, 6.45) is 7.39. The second kappa shape index (κ2) is 5.41. The summed E-state index contributed by atoms with van der Waals surface area (Å²) in [5.74, 6) is 0. The summed E-state index contributed by atoms with van der Waals surface area (Å²) >= 11 is 0. The maximum Gasteiger partial charge on any atom is 0.0586 e. The normalized spacial score (nSPS) is 28.9. The van der Waals surface area contributed by atoms with Crippen molar-refractivity contribution in [2.45, 2.75) is 50.6 Å². The molecule has 0 radical (unpaired) electrons. The third-order valence-electron chi connectivity index (χ3n) is 4.67. The molecule has 1 aliphatic heterocycles. The van der Waals surface area contributed by atoms with Crippen LogP contribution < -0.4 is 0 Å². The number of benzene rings is 1. The Hall–Kier alpha value is -0.860. The highest BCUT2D eigenvalue weighted by molar-refractivity contribution is 5.30. The number of aliphatic hydroxyl groups is 1. The molecule has 0 saturated carbocycles. The van der Waals surface area contributed by atoms with Crippen molar-refractivity contribution < 1.29 is 5.11 Å². The second-order valence-electron chi connectivity index (χ2n) is 5.74. The second-order valence-corrected chi connectivity index (χ2v) is 5.74. The predicted octanol–water partition coefficient (Wildman–Crippen LogP) is 2.39. The van der Waals surface area contributed by atoms with E-state index < -0.39 is 0 Å². The zero-order chi connectivity index (χ0) is 12.4. The Balaban J connectivity index is 1.74. The van der Waals surface area contributed by atoms with E-state index >= 15 is 0 Å². The van der Waals surface area contributed by atoms with E-state index in [1.165, 1.54) is 56.2 Å². The summed E-state index contributed by atoms with van der Waals surface area (Å²) in [5.41, 5.74) is 3.06. The summed E-state index contributed by atoms with van der Waals surface area (Å²) in [5, 5.41) is 9.55. The van der Waals surface area contributed by atoms with Crippen LogP contribution in [0.2, 0.25) is 0 Å². The number of aryl methyl sites for hydroxylation is 1. The van der Waals surface area contributed by atoms with Gasteiger partial charge in [0.1, 0.15) is 0 Å². The monoisotopic (exact) mass is 245 g/mol. The molecular formula is C16H23NO. The van der Waals surface area contributed by atoms with E-state index in [1.807, 2.05) is 0 Å². The van der Waals surface area contributed by atoms with Crippen molar-refractivity contribution in [1.82, 2.24) is 4.90 Å². The van der Waals surface area contributed by atoms with Gasteiger partial charge in [-0.3, -0.25) is 4.90 Å². The summed E-state index contributed by atoms with van der Waals surface area (Å²) in [6.45, 7) is 1.51. The van der Waals surface area contributed by atoms with Crippen LogP contribution in [0.4, 0.5) is 0 Å². The number of fused-ring (bicyclic) bond motifs is 1. The molecule has 0 bridgehead atoms. The molecule has 0 spiro atoms. The highest BCUT2D eigenvalue weighted by Crippen LogP contribution is 2.28. The average Bonchev–Trinajstić information content (AvgIpc) is 2.46. The molecule has 1 aromatic rings. The average molecular weight is 245 g/mol. The van der Waals surface area contributed by atoms with Gasteiger partial charge in [0.2, 0.25) is 0 Å². The molecular weight excluding hydrogens is 222 g/mol. The van der Waals surface area contributed by atoms with Crippen LogP contribution in [-0.2, 0) is 12.8 Å². The van der Waals surface area contributed by atoms with Gasteiger partial charge in [0.05, 0.1) is 6.61 Å². The van der Waals surface area contributed by atoms with Gasteiger partial charge in [-0.1, -0.05) is 30.7 Å². The van der Waals surface area contributed by atoms with Crippen molar-refractivity contribution in [3.05, 3.63) is 35.4 Å². The molecule has 98 valence electrons. The molecule has 1 heterocycles. The zero-order valence-corrected chi connectivity index (χ0v) is 11.0. The first kappa shape index (κ1) is 12.2. The van der Waals surface area contributed by atoms with E-state index in [0.717, 1.165) is 0 Å². The molecule has 1 fully saturated rings. The van der Waals surface area contributed by atoms with Crippen LogP contribution in [0.25, 0.3) is 0 Å². The molecule has 3 rings (SSSR count). The fourth-order valence-electron chi connectivity index (χ4n) is 3.66. The lowest BCUT2D eigenvalue weighted by Crippen LogP contribution is -2.49. The van der Waals surface area contributed by atoms with Crippen molar-refractivity contribution in [3.63, 3.8) is 0 Å². The summed E-state index contributed by atoms with van der Waals surface area (Å²) in [7, 11) is 0. The molecule has 2 heteroatoms. The van der Waals surface area contributed by atoms with E-state index in [4.69, 9.17) is 0 Å². The van der Waals surface area contributed by atoms with Crippen LogP contribution in [0, 0.1) is 0 Å². The molecule has 1 aliphatic carbocycles. The van der Waals surface area contributed by atoms with Crippen LogP contribution in [0.1, 0.15) is 36.8 Å². The summed E-state index contributed by atoms with van der Waals surface area (Å²) in [4.78, 5) is 2.58. The maximum atomic E-state index is 9.55. The standard InChI is InChI=1S/C16H23NO/c18-12-16-7-3-4-10-17(16)15-9-8-13-5-1-2-6-14(13)11-15/h1-2,5-6,15-16,18H,3-4,7-12H2/t15-,16+/m0/s1. The molecule has 2 aliphatic rings. The Bertz CT molecular complexity index is 404. The Kier molecular flexibility index (Phi) is 3.67. The third kappa shape index (κ3) is 2.32. The highest BCUT2D eigenvalue weighted by atomic mass is 16.3. The van der Waals surface area contributed by atoms with E-state index in [-0.39, 0.29) is 0 Å². The van der Waals surface area contributed by atoms with Gasteiger partial charge in [0.25, 0.3) is 0 Å². The zero-order valence-electron chi connectivity index (χ0n) is 11.0. The van der Waals surface area contributed by atoms with Gasteiger partial charge in [0, 0.05) is 12.1 Å². The number of piperidine rings is 1. The Labute approximate surface area is 110 Å². The number of hydrogen-bond acceptors (Lipinski definition) is 2. The van der Waals surface area contributed by atoms with Crippen LogP contribution >= 0.6 is 0 Å². The molecule has 1 N–H and O–H groups in total. The minimum Gasteiger partial charge on any atom is -0.395 e. The Morgan fingerprint density at radius 2 is 1.94 bits per heavy atom. The van der Waals surface area contributed by atoms with Gasteiger partial charge >= 0.3 is 0 Å². The molecule has 0 aromatic heterocycles. The van der Waals surface area contributed by atoms with Crippen molar-refractivity contribution in [2.75, 3.05) is 13.2 Å². The minimum absolute atomic E-state index is 0.331. The molecule has 2 nitrogen and oxygen atoms in total. The number of hydrogen-bond donors (Lipinski definition) is 1. The van der Waals surface area contributed by atoms with Crippen LogP contribution in [0.5, 0.6) is 0 Å². The molecule has 0 amide bonds.